The van der Waals surface area contributed by atoms with E-state index in [1.165, 1.54) is 28.5 Å². The zero-order valence-corrected chi connectivity index (χ0v) is 12.8. The third-order valence-corrected chi connectivity index (χ3v) is 4.42. The Kier molecular flexibility index (Phi) is 3.70. The van der Waals surface area contributed by atoms with Gasteiger partial charge >= 0.3 is 0 Å². The van der Waals surface area contributed by atoms with Gasteiger partial charge in [-0.2, -0.15) is 0 Å². The molecule has 0 saturated heterocycles. The van der Waals surface area contributed by atoms with Crippen molar-refractivity contribution in [2.75, 3.05) is 5.32 Å². The molecule has 0 spiro atoms. The van der Waals surface area contributed by atoms with Crippen molar-refractivity contribution < 1.29 is 0 Å². The van der Waals surface area contributed by atoms with Crippen molar-refractivity contribution in [3.05, 3.63) is 42.7 Å². The summed E-state index contributed by atoms with van der Waals surface area (Å²) in [5, 5.41) is 6.35. The van der Waals surface area contributed by atoms with Crippen molar-refractivity contribution in [1.29, 1.82) is 0 Å². The molecule has 2 aromatic rings. The minimum atomic E-state index is 0.600. The van der Waals surface area contributed by atoms with E-state index in [9.17, 15) is 0 Å². The number of allylic oxidation sites excluding steroid dienone is 1. The van der Waals surface area contributed by atoms with Gasteiger partial charge in [0.05, 0.1) is 0 Å². The molecule has 1 aromatic heterocycles. The molecule has 1 aliphatic carbocycles. The largest absolute Gasteiger partial charge is 0.344 e. The lowest BCUT2D eigenvalue weighted by atomic mass is 10.2. The number of benzene rings is 1. The molecule has 0 unspecified atom stereocenters. The SMILES string of the molecule is C=C(Nc1cc2ccc(SC(C)C)cc2cn1)C1CC1. The summed E-state index contributed by atoms with van der Waals surface area (Å²) < 4.78 is 0. The molecular weight excluding hydrogens is 264 g/mol. The maximum atomic E-state index is 4.50. The van der Waals surface area contributed by atoms with E-state index in [0.717, 1.165) is 11.5 Å². The zero-order chi connectivity index (χ0) is 14.1. The molecular formula is C17H20N2S. The number of pyridine rings is 1. The molecule has 1 aromatic carbocycles. The van der Waals surface area contributed by atoms with Crippen LogP contribution in [-0.4, -0.2) is 10.2 Å². The maximum Gasteiger partial charge on any atom is 0.130 e. The van der Waals surface area contributed by atoms with Gasteiger partial charge in [-0.1, -0.05) is 26.5 Å². The Bertz CT molecular complexity index is 644. The lowest BCUT2D eigenvalue weighted by Gasteiger charge is -2.10. The van der Waals surface area contributed by atoms with E-state index in [1.54, 1.807) is 0 Å². The lowest BCUT2D eigenvalue weighted by molar-refractivity contribution is 1.01. The molecule has 0 bridgehead atoms. The highest BCUT2D eigenvalue weighted by molar-refractivity contribution is 7.99. The first-order valence-electron chi connectivity index (χ1n) is 7.14. The molecule has 1 fully saturated rings. The fourth-order valence-electron chi connectivity index (χ4n) is 2.23. The average molecular weight is 284 g/mol. The van der Waals surface area contributed by atoms with Crippen LogP contribution in [0.3, 0.4) is 0 Å². The smallest absolute Gasteiger partial charge is 0.130 e. The molecule has 2 nitrogen and oxygen atoms in total. The molecule has 20 heavy (non-hydrogen) atoms. The molecule has 1 aliphatic rings. The number of nitrogens with zero attached hydrogens (tertiary/aromatic N) is 1. The van der Waals surface area contributed by atoms with Crippen molar-refractivity contribution in [1.82, 2.24) is 4.98 Å². The summed E-state index contributed by atoms with van der Waals surface area (Å²) in [5.74, 6) is 1.55. The highest BCUT2D eigenvalue weighted by atomic mass is 32.2. The molecule has 0 atom stereocenters. The highest BCUT2D eigenvalue weighted by Gasteiger charge is 2.24. The van der Waals surface area contributed by atoms with Gasteiger partial charge in [0.1, 0.15) is 5.82 Å². The van der Waals surface area contributed by atoms with Gasteiger partial charge in [-0.25, -0.2) is 4.98 Å². The Labute approximate surface area is 124 Å². The Hall–Kier alpha value is -1.48. The highest BCUT2D eigenvalue weighted by Crippen LogP contribution is 2.36. The van der Waals surface area contributed by atoms with E-state index in [1.807, 2.05) is 18.0 Å². The normalized spacial score (nSPS) is 14.8. The van der Waals surface area contributed by atoms with Gasteiger partial charge in [-0.3, -0.25) is 0 Å². The quantitative estimate of drug-likeness (QED) is 0.776. The first-order valence-corrected chi connectivity index (χ1v) is 8.02. The van der Waals surface area contributed by atoms with Crippen LogP contribution in [0.2, 0.25) is 0 Å². The summed E-state index contributed by atoms with van der Waals surface area (Å²) in [6, 6.07) is 8.68. The summed E-state index contributed by atoms with van der Waals surface area (Å²) >= 11 is 1.88. The van der Waals surface area contributed by atoms with Crippen LogP contribution in [-0.2, 0) is 0 Å². The Balaban J connectivity index is 1.82. The van der Waals surface area contributed by atoms with E-state index in [0.29, 0.717) is 11.2 Å². The number of thioether (sulfide) groups is 1. The molecule has 104 valence electrons. The summed E-state index contributed by atoms with van der Waals surface area (Å²) in [5.41, 5.74) is 1.10. The summed E-state index contributed by atoms with van der Waals surface area (Å²) in [4.78, 5) is 5.80. The predicted octanol–water partition coefficient (Wildman–Crippen LogP) is 5.07. The fourth-order valence-corrected chi connectivity index (χ4v) is 3.12. The van der Waals surface area contributed by atoms with Crippen LogP contribution in [0, 0.1) is 5.92 Å². The Morgan fingerprint density at radius 3 is 2.80 bits per heavy atom. The van der Waals surface area contributed by atoms with E-state index < -0.39 is 0 Å². The van der Waals surface area contributed by atoms with Gasteiger partial charge in [0.25, 0.3) is 0 Å². The van der Waals surface area contributed by atoms with Crippen molar-refractivity contribution >= 4 is 28.4 Å². The molecule has 0 aliphatic heterocycles. The van der Waals surface area contributed by atoms with E-state index in [2.05, 4.69) is 55.0 Å². The van der Waals surface area contributed by atoms with Crippen molar-refractivity contribution in [2.45, 2.75) is 36.8 Å². The molecule has 0 radical (unpaired) electrons. The minimum Gasteiger partial charge on any atom is -0.344 e. The first kappa shape index (κ1) is 13.5. The molecule has 1 N–H and O–H groups in total. The third kappa shape index (κ3) is 3.15. The predicted molar refractivity (Wildman–Crippen MR) is 88.2 cm³/mol. The molecule has 1 saturated carbocycles. The third-order valence-electron chi connectivity index (χ3n) is 3.42. The van der Waals surface area contributed by atoms with Gasteiger partial charge in [0.2, 0.25) is 0 Å². The number of hydrogen-bond acceptors (Lipinski definition) is 3. The monoisotopic (exact) mass is 284 g/mol. The first-order chi connectivity index (χ1) is 9.61. The number of aromatic nitrogens is 1. The second-order valence-electron chi connectivity index (χ2n) is 5.67. The number of hydrogen-bond donors (Lipinski definition) is 1. The Morgan fingerprint density at radius 2 is 2.10 bits per heavy atom. The second-order valence-corrected chi connectivity index (χ2v) is 7.32. The van der Waals surface area contributed by atoms with Crippen LogP contribution in [0.5, 0.6) is 0 Å². The topological polar surface area (TPSA) is 24.9 Å². The van der Waals surface area contributed by atoms with Crippen LogP contribution in [0.15, 0.2) is 47.6 Å². The van der Waals surface area contributed by atoms with Crippen LogP contribution >= 0.6 is 11.8 Å². The van der Waals surface area contributed by atoms with Crippen molar-refractivity contribution in [3.8, 4) is 0 Å². The number of nitrogens with one attached hydrogen (secondary N) is 1. The second kappa shape index (κ2) is 5.49. The molecule has 3 rings (SSSR count). The Morgan fingerprint density at radius 1 is 1.30 bits per heavy atom. The van der Waals surface area contributed by atoms with Gasteiger partial charge in [-0.05, 0) is 42.3 Å². The van der Waals surface area contributed by atoms with E-state index in [4.69, 9.17) is 0 Å². The number of rotatable bonds is 5. The van der Waals surface area contributed by atoms with Gasteiger partial charge in [0, 0.05) is 27.4 Å². The van der Waals surface area contributed by atoms with Crippen LogP contribution in [0.4, 0.5) is 5.82 Å². The molecule has 3 heteroatoms. The fraction of sp³-hybridized carbons (Fsp3) is 0.353. The van der Waals surface area contributed by atoms with Crippen LogP contribution < -0.4 is 5.32 Å². The summed E-state index contributed by atoms with van der Waals surface area (Å²) in [6.45, 7) is 8.51. The van der Waals surface area contributed by atoms with Gasteiger partial charge in [-0.15, -0.1) is 11.8 Å². The minimum absolute atomic E-state index is 0.600. The standard InChI is InChI=1S/C17H20N2S/c1-11(2)20-16-7-6-14-9-17(18-10-15(14)8-16)19-12(3)13-4-5-13/h6-11,13H,3-5H2,1-2H3,(H,18,19). The van der Waals surface area contributed by atoms with Crippen LogP contribution in [0.25, 0.3) is 10.8 Å². The van der Waals surface area contributed by atoms with E-state index in [-0.39, 0.29) is 0 Å². The van der Waals surface area contributed by atoms with Crippen molar-refractivity contribution in [2.24, 2.45) is 5.92 Å². The van der Waals surface area contributed by atoms with Crippen molar-refractivity contribution in [3.63, 3.8) is 0 Å². The lowest BCUT2D eigenvalue weighted by Crippen LogP contribution is -2.01. The summed E-state index contributed by atoms with van der Waals surface area (Å²) in [7, 11) is 0. The molecule has 0 amide bonds. The maximum absolute atomic E-state index is 4.50. The summed E-state index contributed by atoms with van der Waals surface area (Å²) in [6.07, 6.45) is 4.46. The molecule has 1 heterocycles. The average Bonchev–Trinajstić information content (AvgIpc) is 3.22. The van der Waals surface area contributed by atoms with Gasteiger partial charge < -0.3 is 5.32 Å². The van der Waals surface area contributed by atoms with Crippen LogP contribution in [0.1, 0.15) is 26.7 Å². The number of anilines is 1. The zero-order valence-electron chi connectivity index (χ0n) is 12.0. The van der Waals surface area contributed by atoms with Gasteiger partial charge in [0.15, 0.2) is 0 Å². The number of fused-ring (bicyclic) bond motifs is 1. The van der Waals surface area contributed by atoms with E-state index >= 15 is 0 Å².